The number of benzene rings is 3. The van der Waals surface area contributed by atoms with Gasteiger partial charge in [0.05, 0.1) is 16.4 Å². The number of hydrogen-bond acceptors (Lipinski definition) is 2. The van der Waals surface area contributed by atoms with Gasteiger partial charge in [-0.3, -0.25) is 0 Å². The summed E-state index contributed by atoms with van der Waals surface area (Å²) in [5.74, 6) is 0. The zero-order chi connectivity index (χ0) is 15.5. The lowest BCUT2D eigenvalue weighted by Gasteiger charge is -2.10. The van der Waals surface area contributed by atoms with Gasteiger partial charge in [0.1, 0.15) is 0 Å². The van der Waals surface area contributed by atoms with Gasteiger partial charge in [-0.2, -0.15) is 0 Å². The molecule has 0 saturated carbocycles. The van der Waals surface area contributed by atoms with Gasteiger partial charge in [0.2, 0.25) is 0 Å². The summed E-state index contributed by atoms with van der Waals surface area (Å²) < 4.78 is 0. The maximum atomic E-state index is 12.1. The van der Waals surface area contributed by atoms with Crippen LogP contribution in [-0.2, 0) is 0 Å². The number of hydrogen-bond donors (Lipinski definition) is 3. The van der Waals surface area contributed by atoms with Crippen molar-refractivity contribution in [1.82, 2.24) is 0 Å². The van der Waals surface area contributed by atoms with Crippen LogP contribution in [0.1, 0.15) is 0 Å². The van der Waals surface area contributed by atoms with Gasteiger partial charge in [-0.05, 0) is 29.7 Å². The number of urea groups is 1. The van der Waals surface area contributed by atoms with Gasteiger partial charge in [0.15, 0.2) is 0 Å². The number of carbonyl (C=O) groups excluding carboxylic acids is 1. The smallest absolute Gasteiger partial charge is 0.323 e. The summed E-state index contributed by atoms with van der Waals surface area (Å²) in [5, 5.41) is 8.03. The number of fused-ring (bicyclic) bond motifs is 1. The minimum Gasteiger partial charge on any atom is -0.398 e. The van der Waals surface area contributed by atoms with Crippen LogP contribution in [0, 0.1) is 0 Å². The fraction of sp³-hybridized carbons (Fsp3) is 0. The Morgan fingerprint density at radius 2 is 1.73 bits per heavy atom. The zero-order valence-electron chi connectivity index (χ0n) is 11.6. The summed E-state index contributed by atoms with van der Waals surface area (Å²) in [6, 6.07) is 18.2. The van der Waals surface area contributed by atoms with Crippen LogP contribution in [-0.4, -0.2) is 6.03 Å². The second-order valence-corrected chi connectivity index (χ2v) is 5.25. The van der Waals surface area contributed by atoms with Crippen LogP contribution in [0.4, 0.5) is 21.9 Å². The van der Waals surface area contributed by atoms with Gasteiger partial charge in [0, 0.05) is 11.1 Å². The first kappa shape index (κ1) is 14.2. The maximum absolute atomic E-state index is 12.1. The highest BCUT2D eigenvalue weighted by Gasteiger charge is 2.06. The van der Waals surface area contributed by atoms with Gasteiger partial charge in [-0.25, -0.2) is 4.79 Å². The fourth-order valence-corrected chi connectivity index (χ4v) is 2.40. The molecule has 0 atom stereocenters. The molecule has 2 amide bonds. The molecular formula is C17H14ClN3O. The number of halogens is 1. The molecule has 0 fully saturated rings. The quantitative estimate of drug-likeness (QED) is 0.599. The highest BCUT2D eigenvalue weighted by atomic mass is 35.5. The molecule has 4 N–H and O–H groups in total. The van der Waals surface area contributed by atoms with Crippen LogP contribution < -0.4 is 16.4 Å². The number of carbonyl (C=O) groups is 1. The molecule has 0 radical (unpaired) electrons. The molecular weight excluding hydrogens is 298 g/mol. The van der Waals surface area contributed by atoms with Crippen LogP contribution in [0.25, 0.3) is 10.8 Å². The number of amides is 2. The number of nitrogens with one attached hydrogen (secondary N) is 2. The standard InChI is InChI=1S/C17H14ClN3O/c18-14-10-12(8-9-15(14)19)20-17(22)21-16-7-3-5-11-4-1-2-6-13(11)16/h1-10H,19H2,(H2,20,21,22). The Morgan fingerprint density at radius 1 is 0.955 bits per heavy atom. The van der Waals surface area contributed by atoms with Crippen LogP contribution in [0.3, 0.4) is 0 Å². The van der Waals surface area contributed by atoms with E-state index in [2.05, 4.69) is 10.6 Å². The van der Waals surface area contributed by atoms with Gasteiger partial charge in [0.25, 0.3) is 0 Å². The van der Waals surface area contributed by atoms with E-state index in [-0.39, 0.29) is 6.03 Å². The average molecular weight is 312 g/mol. The van der Waals surface area contributed by atoms with Crippen LogP contribution in [0.5, 0.6) is 0 Å². The average Bonchev–Trinajstić information content (AvgIpc) is 2.51. The second kappa shape index (κ2) is 5.95. The van der Waals surface area contributed by atoms with Crippen molar-refractivity contribution in [3.63, 3.8) is 0 Å². The molecule has 0 aliphatic carbocycles. The Balaban J connectivity index is 1.80. The van der Waals surface area contributed by atoms with E-state index in [0.717, 1.165) is 16.5 Å². The molecule has 22 heavy (non-hydrogen) atoms. The van der Waals surface area contributed by atoms with Crippen molar-refractivity contribution in [3.05, 3.63) is 65.7 Å². The number of rotatable bonds is 2. The van der Waals surface area contributed by atoms with Crippen LogP contribution >= 0.6 is 11.6 Å². The third-order valence-corrected chi connectivity index (χ3v) is 3.62. The SMILES string of the molecule is Nc1ccc(NC(=O)Nc2cccc3ccccc23)cc1Cl. The van der Waals surface area contributed by atoms with Crippen molar-refractivity contribution in [2.24, 2.45) is 0 Å². The largest absolute Gasteiger partial charge is 0.398 e. The number of nitrogen functional groups attached to an aromatic ring is 1. The first-order chi connectivity index (χ1) is 10.6. The molecule has 0 aromatic heterocycles. The summed E-state index contributed by atoms with van der Waals surface area (Å²) in [5.41, 5.74) is 7.45. The Hall–Kier alpha value is -2.72. The Morgan fingerprint density at radius 3 is 2.55 bits per heavy atom. The lowest BCUT2D eigenvalue weighted by Crippen LogP contribution is -2.19. The molecule has 110 valence electrons. The highest BCUT2D eigenvalue weighted by Crippen LogP contribution is 2.24. The Kier molecular flexibility index (Phi) is 3.85. The third-order valence-electron chi connectivity index (χ3n) is 3.30. The molecule has 0 unspecified atom stereocenters. The van der Waals surface area contributed by atoms with E-state index in [1.807, 2.05) is 42.5 Å². The molecule has 0 aliphatic rings. The Labute approximate surface area is 132 Å². The summed E-state index contributed by atoms with van der Waals surface area (Å²) >= 11 is 5.94. The topological polar surface area (TPSA) is 67.1 Å². The van der Waals surface area contributed by atoms with Gasteiger partial charge < -0.3 is 16.4 Å². The lowest BCUT2D eigenvalue weighted by molar-refractivity contribution is 0.262. The monoisotopic (exact) mass is 311 g/mol. The molecule has 5 heteroatoms. The molecule has 0 saturated heterocycles. The number of nitrogens with two attached hydrogens (primary N) is 1. The van der Waals surface area contributed by atoms with Crippen LogP contribution in [0.15, 0.2) is 60.7 Å². The minimum atomic E-state index is -0.336. The van der Waals surface area contributed by atoms with Gasteiger partial charge in [-0.1, -0.05) is 48.0 Å². The van der Waals surface area contributed by atoms with Gasteiger partial charge >= 0.3 is 6.03 Å². The van der Waals surface area contributed by atoms with Crippen molar-refractivity contribution >= 4 is 45.5 Å². The van der Waals surface area contributed by atoms with E-state index in [1.165, 1.54) is 0 Å². The molecule has 3 rings (SSSR count). The van der Waals surface area contributed by atoms with E-state index in [4.69, 9.17) is 17.3 Å². The first-order valence-corrected chi connectivity index (χ1v) is 7.12. The van der Waals surface area contributed by atoms with E-state index in [0.29, 0.717) is 16.4 Å². The van der Waals surface area contributed by atoms with Gasteiger partial charge in [-0.15, -0.1) is 0 Å². The van der Waals surface area contributed by atoms with Crippen molar-refractivity contribution in [1.29, 1.82) is 0 Å². The van der Waals surface area contributed by atoms with Crippen molar-refractivity contribution in [3.8, 4) is 0 Å². The van der Waals surface area contributed by atoms with Crippen molar-refractivity contribution in [2.75, 3.05) is 16.4 Å². The predicted molar refractivity (Wildman–Crippen MR) is 92.5 cm³/mol. The van der Waals surface area contributed by atoms with Crippen molar-refractivity contribution < 1.29 is 4.79 Å². The van der Waals surface area contributed by atoms with E-state index in [1.54, 1.807) is 18.2 Å². The van der Waals surface area contributed by atoms with E-state index < -0.39 is 0 Å². The van der Waals surface area contributed by atoms with Crippen molar-refractivity contribution in [2.45, 2.75) is 0 Å². The predicted octanol–water partition coefficient (Wildman–Crippen LogP) is 4.72. The normalized spacial score (nSPS) is 10.4. The number of anilines is 3. The summed E-state index contributed by atoms with van der Waals surface area (Å²) in [4.78, 5) is 12.1. The summed E-state index contributed by atoms with van der Waals surface area (Å²) in [6.07, 6.45) is 0. The van der Waals surface area contributed by atoms with E-state index in [9.17, 15) is 4.79 Å². The molecule has 4 nitrogen and oxygen atoms in total. The molecule has 0 bridgehead atoms. The van der Waals surface area contributed by atoms with Crippen LogP contribution in [0.2, 0.25) is 5.02 Å². The third kappa shape index (κ3) is 2.97. The molecule has 3 aromatic rings. The van der Waals surface area contributed by atoms with E-state index >= 15 is 0 Å². The Bertz CT molecular complexity index is 843. The summed E-state index contributed by atoms with van der Waals surface area (Å²) in [7, 11) is 0. The first-order valence-electron chi connectivity index (χ1n) is 6.74. The molecule has 0 spiro atoms. The molecule has 3 aromatic carbocycles. The summed E-state index contributed by atoms with van der Waals surface area (Å²) in [6.45, 7) is 0. The highest BCUT2D eigenvalue weighted by molar-refractivity contribution is 6.33. The second-order valence-electron chi connectivity index (χ2n) is 4.84. The fourth-order valence-electron chi connectivity index (χ4n) is 2.22. The molecule has 0 heterocycles. The molecule has 0 aliphatic heterocycles. The maximum Gasteiger partial charge on any atom is 0.323 e. The minimum absolute atomic E-state index is 0.336. The zero-order valence-corrected chi connectivity index (χ0v) is 12.4. The lowest BCUT2D eigenvalue weighted by atomic mass is 10.1.